The van der Waals surface area contributed by atoms with E-state index < -0.39 is 5.91 Å². The van der Waals surface area contributed by atoms with Gasteiger partial charge in [0.1, 0.15) is 0 Å². The minimum Gasteiger partial charge on any atom is -0.397 e. The predicted octanol–water partition coefficient (Wildman–Crippen LogP) is 5.78. The zero-order valence-corrected chi connectivity index (χ0v) is 21.4. The molecule has 0 radical (unpaired) electrons. The summed E-state index contributed by atoms with van der Waals surface area (Å²) in [6, 6.07) is 18.7. The van der Waals surface area contributed by atoms with Gasteiger partial charge in [0.15, 0.2) is 5.11 Å². The van der Waals surface area contributed by atoms with Gasteiger partial charge in [-0.2, -0.15) is 0 Å². The SMILES string of the molecule is CC(C)(C)c1ccc(C(=O)N(C(N)=S)c2ccc(NC(=O)c3ccccc3Cl)c(N)c2)cc1.Cl. The van der Waals surface area contributed by atoms with Crippen LogP contribution in [0.4, 0.5) is 17.1 Å². The van der Waals surface area contributed by atoms with E-state index in [9.17, 15) is 9.59 Å². The van der Waals surface area contributed by atoms with Crippen molar-refractivity contribution in [3.63, 3.8) is 0 Å². The highest BCUT2D eigenvalue weighted by molar-refractivity contribution is 7.80. The van der Waals surface area contributed by atoms with Gasteiger partial charge >= 0.3 is 0 Å². The Hall–Kier alpha value is -3.13. The van der Waals surface area contributed by atoms with E-state index >= 15 is 0 Å². The van der Waals surface area contributed by atoms with Crippen molar-refractivity contribution in [2.45, 2.75) is 26.2 Å². The molecule has 0 aliphatic carbocycles. The molecule has 6 nitrogen and oxygen atoms in total. The van der Waals surface area contributed by atoms with Gasteiger partial charge in [-0.25, -0.2) is 0 Å². The van der Waals surface area contributed by atoms with Crippen molar-refractivity contribution in [3.8, 4) is 0 Å². The van der Waals surface area contributed by atoms with E-state index in [1.165, 1.54) is 11.0 Å². The zero-order chi connectivity index (χ0) is 24.3. The lowest BCUT2D eigenvalue weighted by atomic mass is 9.86. The molecule has 3 rings (SSSR count). The molecular weight excluding hydrogens is 491 g/mol. The number of carbonyl (C=O) groups is 2. The van der Waals surface area contributed by atoms with Crippen LogP contribution in [0, 0.1) is 0 Å². The fourth-order valence-electron chi connectivity index (χ4n) is 3.22. The van der Waals surface area contributed by atoms with Crippen molar-refractivity contribution in [2.24, 2.45) is 5.73 Å². The molecule has 34 heavy (non-hydrogen) atoms. The van der Waals surface area contributed by atoms with Crippen molar-refractivity contribution >= 4 is 70.2 Å². The van der Waals surface area contributed by atoms with Gasteiger partial charge < -0.3 is 16.8 Å². The molecule has 0 aromatic heterocycles. The second kappa shape index (κ2) is 10.9. The molecule has 2 amide bonds. The van der Waals surface area contributed by atoms with Gasteiger partial charge in [0, 0.05) is 5.56 Å². The Morgan fingerprint density at radius 1 is 1.00 bits per heavy atom. The number of halogens is 2. The van der Waals surface area contributed by atoms with Crippen molar-refractivity contribution in [2.75, 3.05) is 16.0 Å². The lowest BCUT2D eigenvalue weighted by Gasteiger charge is -2.23. The Balaban J connectivity index is 0.00000408. The molecule has 0 bridgehead atoms. The number of hydrogen-bond acceptors (Lipinski definition) is 4. The van der Waals surface area contributed by atoms with Crippen molar-refractivity contribution in [3.05, 3.63) is 88.4 Å². The first kappa shape index (κ1) is 27.1. The molecule has 0 spiro atoms. The summed E-state index contributed by atoms with van der Waals surface area (Å²) in [6.07, 6.45) is 0. The van der Waals surface area contributed by atoms with E-state index in [1.807, 2.05) is 12.1 Å². The van der Waals surface area contributed by atoms with Crippen LogP contribution in [0.15, 0.2) is 66.7 Å². The highest BCUT2D eigenvalue weighted by Crippen LogP contribution is 2.28. The number of nitrogens with zero attached hydrogens (tertiary/aromatic N) is 1. The number of benzene rings is 3. The van der Waals surface area contributed by atoms with Crippen LogP contribution in [-0.4, -0.2) is 16.9 Å². The summed E-state index contributed by atoms with van der Waals surface area (Å²) in [5.74, 6) is -0.781. The molecule has 3 aromatic carbocycles. The van der Waals surface area contributed by atoms with Gasteiger partial charge in [-0.1, -0.05) is 56.6 Å². The molecular formula is C25H26Cl2N4O2S. The standard InChI is InChI=1S/C25H25ClN4O2S.ClH/c1-25(2,3)16-10-8-15(9-11-16)23(32)30(24(28)33)17-12-13-21(20(27)14-17)29-22(31)18-6-4-5-7-19(18)26;/h4-14H,27H2,1-3H3,(H2,28,33)(H,29,31);1H. The first-order valence-corrected chi connectivity index (χ1v) is 11.0. The van der Waals surface area contributed by atoms with Crippen LogP contribution < -0.4 is 21.7 Å². The quantitative estimate of drug-likeness (QED) is 0.301. The van der Waals surface area contributed by atoms with Crippen LogP contribution in [0.1, 0.15) is 47.1 Å². The Morgan fingerprint density at radius 2 is 1.62 bits per heavy atom. The number of hydrogen-bond donors (Lipinski definition) is 3. The molecule has 5 N–H and O–H groups in total. The maximum Gasteiger partial charge on any atom is 0.264 e. The smallest absolute Gasteiger partial charge is 0.264 e. The van der Waals surface area contributed by atoms with Gasteiger partial charge in [0.2, 0.25) is 0 Å². The van der Waals surface area contributed by atoms with E-state index in [4.69, 9.17) is 35.3 Å². The molecule has 0 aliphatic heterocycles. The monoisotopic (exact) mass is 516 g/mol. The molecule has 0 aliphatic rings. The number of nitrogens with two attached hydrogens (primary N) is 2. The third kappa shape index (κ3) is 6.05. The molecule has 0 unspecified atom stereocenters. The fourth-order valence-corrected chi connectivity index (χ4v) is 3.63. The average Bonchev–Trinajstić information content (AvgIpc) is 2.75. The summed E-state index contributed by atoms with van der Waals surface area (Å²) < 4.78 is 0. The van der Waals surface area contributed by atoms with Crippen molar-refractivity contribution in [1.29, 1.82) is 0 Å². The Labute approximate surface area is 215 Å². The highest BCUT2D eigenvalue weighted by Gasteiger charge is 2.22. The molecule has 0 fully saturated rings. The van der Waals surface area contributed by atoms with Gasteiger partial charge in [0.05, 0.1) is 27.6 Å². The lowest BCUT2D eigenvalue weighted by Crippen LogP contribution is -2.40. The summed E-state index contributed by atoms with van der Waals surface area (Å²) in [7, 11) is 0. The normalized spacial score (nSPS) is 10.7. The van der Waals surface area contributed by atoms with E-state index in [1.54, 1.807) is 48.5 Å². The second-order valence-electron chi connectivity index (χ2n) is 8.51. The topological polar surface area (TPSA) is 101 Å². The second-order valence-corrected chi connectivity index (χ2v) is 9.34. The first-order chi connectivity index (χ1) is 15.5. The zero-order valence-electron chi connectivity index (χ0n) is 19.0. The van der Waals surface area contributed by atoms with E-state index in [-0.39, 0.29) is 34.5 Å². The Bertz CT molecular complexity index is 1220. The van der Waals surface area contributed by atoms with Crippen LogP contribution in [0.3, 0.4) is 0 Å². The van der Waals surface area contributed by atoms with Crippen LogP contribution in [0.25, 0.3) is 0 Å². The van der Waals surface area contributed by atoms with E-state index in [2.05, 4.69) is 26.1 Å². The molecule has 9 heteroatoms. The highest BCUT2D eigenvalue weighted by atomic mass is 35.5. The molecule has 178 valence electrons. The minimum atomic E-state index is -0.402. The summed E-state index contributed by atoms with van der Waals surface area (Å²) in [5, 5.41) is 2.94. The van der Waals surface area contributed by atoms with Crippen molar-refractivity contribution in [1.82, 2.24) is 0 Å². The third-order valence-corrected chi connectivity index (χ3v) is 5.59. The van der Waals surface area contributed by atoms with Crippen LogP contribution >= 0.6 is 36.2 Å². The van der Waals surface area contributed by atoms with E-state index in [0.29, 0.717) is 27.5 Å². The number of rotatable bonds is 4. The minimum absolute atomic E-state index is 0. The molecule has 0 saturated carbocycles. The maximum atomic E-state index is 13.2. The third-order valence-electron chi connectivity index (χ3n) is 5.08. The predicted molar refractivity (Wildman–Crippen MR) is 146 cm³/mol. The largest absolute Gasteiger partial charge is 0.397 e. The van der Waals surface area contributed by atoms with Crippen LogP contribution in [0.2, 0.25) is 5.02 Å². The number of anilines is 3. The van der Waals surface area contributed by atoms with Crippen LogP contribution in [0.5, 0.6) is 0 Å². The molecule has 3 aromatic rings. The number of nitrogens with one attached hydrogen (secondary N) is 1. The Morgan fingerprint density at radius 3 is 2.15 bits per heavy atom. The van der Waals surface area contributed by atoms with Crippen LogP contribution in [-0.2, 0) is 5.41 Å². The summed E-state index contributed by atoms with van der Waals surface area (Å²) >= 11 is 11.2. The average molecular weight is 517 g/mol. The Kier molecular flexibility index (Phi) is 8.66. The van der Waals surface area contributed by atoms with Gasteiger partial charge in [0.25, 0.3) is 11.8 Å². The van der Waals surface area contributed by atoms with Gasteiger partial charge in [-0.05, 0) is 65.7 Å². The molecule has 0 atom stereocenters. The molecule has 0 saturated heterocycles. The molecule has 0 heterocycles. The number of nitrogen functional groups attached to an aromatic ring is 1. The van der Waals surface area contributed by atoms with Gasteiger partial charge in [-0.3, -0.25) is 14.5 Å². The first-order valence-electron chi connectivity index (χ1n) is 10.2. The summed E-state index contributed by atoms with van der Waals surface area (Å²) in [5.41, 5.74) is 14.9. The lowest BCUT2D eigenvalue weighted by molar-refractivity contribution is 0.0999. The summed E-state index contributed by atoms with van der Waals surface area (Å²) in [6.45, 7) is 6.29. The van der Waals surface area contributed by atoms with Crippen molar-refractivity contribution < 1.29 is 9.59 Å². The number of amides is 2. The van der Waals surface area contributed by atoms with Gasteiger partial charge in [-0.15, -0.1) is 12.4 Å². The van der Waals surface area contributed by atoms with E-state index in [0.717, 1.165) is 5.56 Å². The fraction of sp³-hybridized carbons (Fsp3) is 0.160. The number of carbonyl (C=O) groups excluding carboxylic acids is 2. The summed E-state index contributed by atoms with van der Waals surface area (Å²) in [4.78, 5) is 26.9. The maximum absolute atomic E-state index is 13.2. The number of thiocarbonyl (C=S) groups is 1.